The normalized spacial score (nSPS) is 17.1. The Balaban J connectivity index is 1.76. The molecule has 0 bridgehead atoms. The van der Waals surface area contributed by atoms with Gasteiger partial charge in [-0.15, -0.1) is 0 Å². The van der Waals surface area contributed by atoms with E-state index in [9.17, 15) is 0 Å². The predicted octanol–water partition coefficient (Wildman–Crippen LogP) is 1.56. The summed E-state index contributed by atoms with van der Waals surface area (Å²) in [6.45, 7) is 2.07. The van der Waals surface area contributed by atoms with Gasteiger partial charge in [0, 0.05) is 25.1 Å². The van der Waals surface area contributed by atoms with Gasteiger partial charge < -0.3 is 15.2 Å². The number of aliphatic hydroxyl groups is 1. The SMILES string of the molecule is COc1ccc(CNCC2(CO)CC2)cc1. The third kappa shape index (κ3) is 2.74. The van der Waals surface area contributed by atoms with Gasteiger partial charge in [0.15, 0.2) is 0 Å². The zero-order valence-electron chi connectivity index (χ0n) is 9.70. The minimum absolute atomic E-state index is 0.187. The van der Waals surface area contributed by atoms with Crippen molar-refractivity contribution in [2.45, 2.75) is 19.4 Å². The van der Waals surface area contributed by atoms with Gasteiger partial charge in [0.1, 0.15) is 5.75 Å². The largest absolute Gasteiger partial charge is 0.497 e. The van der Waals surface area contributed by atoms with Gasteiger partial charge in [-0.2, -0.15) is 0 Å². The summed E-state index contributed by atoms with van der Waals surface area (Å²) < 4.78 is 5.10. The topological polar surface area (TPSA) is 41.5 Å². The Kier molecular flexibility index (Phi) is 3.46. The molecule has 3 nitrogen and oxygen atoms in total. The Hall–Kier alpha value is -1.06. The van der Waals surface area contributed by atoms with E-state index in [1.165, 1.54) is 5.56 Å². The lowest BCUT2D eigenvalue weighted by atomic mass is 10.1. The van der Waals surface area contributed by atoms with Crippen molar-refractivity contribution < 1.29 is 9.84 Å². The first kappa shape index (κ1) is 11.4. The zero-order chi connectivity index (χ0) is 11.4. The second-order valence-corrected chi connectivity index (χ2v) is 4.61. The minimum Gasteiger partial charge on any atom is -0.497 e. The fourth-order valence-corrected chi connectivity index (χ4v) is 1.78. The highest BCUT2D eigenvalue weighted by molar-refractivity contribution is 5.27. The van der Waals surface area contributed by atoms with Crippen LogP contribution in [-0.2, 0) is 6.54 Å². The molecule has 0 aliphatic heterocycles. The van der Waals surface area contributed by atoms with Crippen molar-refractivity contribution in [3.05, 3.63) is 29.8 Å². The van der Waals surface area contributed by atoms with Crippen LogP contribution in [0.1, 0.15) is 18.4 Å². The number of rotatable bonds is 6. The van der Waals surface area contributed by atoms with E-state index in [2.05, 4.69) is 17.4 Å². The molecule has 0 atom stereocenters. The monoisotopic (exact) mass is 221 g/mol. The summed E-state index contributed by atoms with van der Waals surface area (Å²) >= 11 is 0. The molecule has 2 N–H and O–H groups in total. The number of benzene rings is 1. The molecule has 1 aliphatic carbocycles. The quantitative estimate of drug-likeness (QED) is 0.766. The lowest BCUT2D eigenvalue weighted by Gasteiger charge is -2.12. The highest BCUT2D eigenvalue weighted by atomic mass is 16.5. The van der Waals surface area contributed by atoms with Crippen LogP contribution in [0.5, 0.6) is 5.75 Å². The second-order valence-electron chi connectivity index (χ2n) is 4.61. The standard InChI is InChI=1S/C13H19NO2/c1-16-12-4-2-11(3-5-12)8-14-9-13(10-15)6-7-13/h2-5,14-15H,6-10H2,1H3. The molecule has 2 rings (SSSR count). The van der Waals surface area contributed by atoms with Crippen molar-refractivity contribution in [1.82, 2.24) is 5.32 Å². The first-order valence-corrected chi connectivity index (χ1v) is 5.72. The van der Waals surface area contributed by atoms with Gasteiger partial charge >= 0.3 is 0 Å². The highest BCUT2D eigenvalue weighted by Crippen LogP contribution is 2.44. The maximum atomic E-state index is 9.17. The Morgan fingerprint density at radius 2 is 2.00 bits per heavy atom. The average Bonchev–Trinajstić information content (AvgIpc) is 3.11. The molecule has 16 heavy (non-hydrogen) atoms. The van der Waals surface area contributed by atoms with Crippen LogP contribution in [0.4, 0.5) is 0 Å². The van der Waals surface area contributed by atoms with Crippen LogP contribution >= 0.6 is 0 Å². The fourth-order valence-electron chi connectivity index (χ4n) is 1.78. The van der Waals surface area contributed by atoms with Crippen LogP contribution < -0.4 is 10.1 Å². The summed E-state index contributed by atoms with van der Waals surface area (Å²) in [7, 11) is 1.67. The fraction of sp³-hybridized carbons (Fsp3) is 0.538. The Bertz CT molecular complexity index is 330. The molecule has 0 spiro atoms. The third-order valence-corrected chi connectivity index (χ3v) is 3.28. The second kappa shape index (κ2) is 4.85. The number of methoxy groups -OCH3 is 1. The smallest absolute Gasteiger partial charge is 0.118 e. The van der Waals surface area contributed by atoms with Gasteiger partial charge in [0.05, 0.1) is 7.11 Å². The van der Waals surface area contributed by atoms with E-state index in [0.717, 1.165) is 31.7 Å². The molecule has 88 valence electrons. The van der Waals surface area contributed by atoms with Gasteiger partial charge in [-0.1, -0.05) is 12.1 Å². The van der Waals surface area contributed by atoms with E-state index in [1.54, 1.807) is 7.11 Å². The summed E-state index contributed by atoms with van der Waals surface area (Å²) in [5.41, 5.74) is 1.43. The van der Waals surface area contributed by atoms with Gasteiger partial charge in [-0.25, -0.2) is 0 Å². The number of hydrogen-bond acceptors (Lipinski definition) is 3. The van der Waals surface area contributed by atoms with E-state index in [-0.39, 0.29) is 5.41 Å². The third-order valence-electron chi connectivity index (χ3n) is 3.28. The predicted molar refractivity (Wildman–Crippen MR) is 63.5 cm³/mol. The number of aliphatic hydroxyl groups excluding tert-OH is 1. The van der Waals surface area contributed by atoms with Crippen molar-refractivity contribution in [2.75, 3.05) is 20.3 Å². The molecule has 1 aromatic rings. The van der Waals surface area contributed by atoms with Crippen LogP contribution in [0.15, 0.2) is 24.3 Å². The van der Waals surface area contributed by atoms with Crippen molar-refractivity contribution in [3.63, 3.8) is 0 Å². The zero-order valence-corrected chi connectivity index (χ0v) is 9.70. The molecule has 0 aromatic heterocycles. The molecular formula is C13H19NO2. The summed E-state index contributed by atoms with van der Waals surface area (Å²) in [6.07, 6.45) is 2.30. The van der Waals surface area contributed by atoms with E-state index >= 15 is 0 Å². The average molecular weight is 221 g/mol. The molecule has 0 radical (unpaired) electrons. The van der Waals surface area contributed by atoms with E-state index in [4.69, 9.17) is 9.84 Å². The molecule has 0 saturated heterocycles. The van der Waals surface area contributed by atoms with Crippen LogP contribution in [0.2, 0.25) is 0 Å². The lowest BCUT2D eigenvalue weighted by molar-refractivity contribution is 0.207. The molecule has 1 aliphatic rings. The van der Waals surface area contributed by atoms with Gasteiger partial charge in [-0.05, 0) is 30.5 Å². The van der Waals surface area contributed by atoms with Gasteiger partial charge in [0.25, 0.3) is 0 Å². The first-order valence-electron chi connectivity index (χ1n) is 5.72. The van der Waals surface area contributed by atoms with Gasteiger partial charge in [-0.3, -0.25) is 0 Å². The summed E-state index contributed by atoms with van der Waals surface area (Å²) in [5, 5.41) is 12.6. The van der Waals surface area contributed by atoms with Crippen LogP contribution in [-0.4, -0.2) is 25.4 Å². The highest BCUT2D eigenvalue weighted by Gasteiger charge is 2.41. The van der Waals surface area contributed by atoms with Gasteiger partial charge in [0.2, 0.25) is 0 Å². The summed E-state index contributed by atoms with van der Waals surface area (Å²) in [5.74, 6) is 0.887. The van der Waals surface area contributed by atoms with Crippen LogP contribution in [0.25, 0.3) is 0 Å². The molecule has 1 fully saturated rings. The maximum Gasteiger partial charge on any atom is 0.118 e. The van der Waals surface area contributed by atoms with Crippen molar-refractivity contribution in [2.24, 2.45) is 5.41 Å². The Morgan fingerprint density at radius 3 is 2.50 bits per heavy atom. The summed E-state index contributed by atoms with van der Waals surface area (Å²) in [4.78, 5) is 0. The molecule has 3 heteroatoms. The lowest BCUT2D eigenvalue weighted by Crippen LogP contribution is -2.26. The van der Waals surface area contributed by atoms with E-state index in [1.807, 2.05) is 12.1 Å². The Morgan fingerprint density at radius 1 is 1.31 bits per heavy atom. The van der Waals surface area contributed by atoms with Crippen molar-refractivity contribution in [3.8, 4) is 5.75 Å². The summed E-state index contributed by atoms with van der Waals surface area (Å²) in [6, 6.07) is 8.06. The molecular weight excluding hydrogens is 202 g/mol. The minimum atomic E-state index is 0.187. The molecule has 0 amide bonds. The van der Waals surface area contributed by atoms with E-state index < -0.39 is 0 Å². The molecule has 0 heterocycles. The molecule has 1 aromatic carbocycles. The molecule has 1 saturated carbocycles. The van der Waals surface area contributed by atoms with Crippen molar-refractivity contribution in [1.29, 1.82) is 0 Å². The number of nitrogens with one attached hydrogen (secondary N) is 1. The molecule has 0 unspecified atom stereocenters. The van der Waals surface area contributed by atoms with Crippen molar-refractivity contribution >= 4 is 0 Å². The van der Waals surface area contributed by atoms with Crippen LogP contribution in [0, 0.1) is 5.41 Å². The Labute approximate surface area is 96.4 Å². The van der Waals surface area contributed by atoms with Crippen LogP contribution in [0.3, 0.4) is 0 Å². The van der Waals surface area contributed by atoms with E-state index in [0.29, 0.717) is 6.61 Å². The first-order chi connectivity index (χ1) is 7.78. The number of ether oxygens (including phenoxy) is 1. The maximum absolute atomic E-state index is 9.17. The number of hydrogen-bond donors (Lipinski definition) is 2.